The summed E-state index contributed by atoms with van der Waals surface area (Å²) in [5.41, 5.74) is 2.91. The van der Waals surface area contributed by atoms with Crippen LogP contribution >= 0.6 is 0 Å². The lowest BCUT2D eigenvalue weighted by Gasteiger charge is -2.23. The van der Waals surface area contributed by atoms with Gasteiger partial charge >= 0.3 is 6.18 Å². The van der Waals surface area contributed by atoms with Crippen LogP contribution in [0.1, 0.15) is 41.8 Å². The van der Waals surface area contributed by atoms with Gasteiger partial charge in [-0.15, -0.1) is 0 Å². The third kappa shape index (κ3) is 4.75. The molecular formula is C25H24F4N4. The van der Waals surface area contributed by atoms with Crippen LogP contribution in [0.2, 0.25) is 0 Å². The second kappa shape index (κ2) is 9.31. The van der Waals surface area contributed by atoms with E-state index in [4.69, 9.17) is 0 Å². The highest BCUT2D eigenvalue weighted by molar-refractivity contribution is 5.79. The lowest BCUT2D eigenvalue weighted by molar-refractivity contribution is -0.137. The van der Waals surface area contributed by atoms with Gasteiger partial charge in [0.25, 0.3) is 0 Å². The van der Waals surface area contributed by atoms with Crippen molar-refractivity contribution in [1.29, 1.82) is 0 Å². The summed E-state index contributed by atoms with van der Waals surface area (Å²) in [6, 6.07) is 9.90. The minimum absolute atomic E-state index is 0.00159. The van der Waals surface area contributed by atoms with E-state index in [1.807, 2.05) is 19.9 Å². The molecule has 1 aliphatic rings. The van der Waals surface area contributed by atoms with Gasteiger partial charge in [0.2, 0.25) is 0 Å². The Kier molecular flexibility index (Phi) is 6.47. The number of allylic oxidation sites excluding steroid dienone is 1. The van der Waals surface area contributed by atoms with Crippen molar-refractivity contribution in [2.24, 2.45) is 0 Å². The SMILES string of the molecule is C/C=C(\Nc1nc(-c2ccccc2C(F)(F)F)nc2c1CCNC2)c1cc(F)ccc1CC. The van der Waals surface area contributed by atoms with Gasteiger partial charge in [0, 0.05) is 28.9 Å². The Morgan fingerprint density at radius 3 is 2.67 bits per heavy atom. The first-order chi connectivity index (χ1) is 15.8. The number of nitrogens with one attached hydrogen (secondary N) is 2. The molecule has 2 N–H and O–H groups in total. The molecule has 0 saturated heterocycles. The number of anilines is 1. The Labute approximate surface area is 189 Å². The van der Waals surface area contributed by atoms with Crippen LogP contribution in [0.15, 0.2) is 48.5 Å². The number of rotatable bonds is 5. The summed E-state index contributed by atoms with van der Waals surface area (Å²) in [7, 11) is 0. The molecule has 0 atom stereocenters. The zero-order valence-corrected chi connectivity index (χ0v) is 18.4. The molecular weight excluding hydrogens is 432 g/mol. The molecule has 2 heterocycles. The standard InChI is InChI=1S/C25H24F4N4/c1-3-15-9-10-16(26)13-19(15)21(4-2)31-24-18-11-12-30-14-22(18)32-23(33-24)17-7-5-6-8-20(17)25(27,28)29/h4-10,13,30H,3,11-12,14H2,1-2H3,(H,31,32,33)/b21-4-. The van der Waals surface area contributed by atoms with Crippen LogP contribution in [-0.2, 0) is 25.6 Å². The molecule has 0 fully saturated rings. The van der Waals surface area contributed by atoms with Crippen LogP contribution in [0.5, 0.6) is 0 Å². The van der Waals surface area contributed by atoms with Crippen LogP contribution in [-0.4, -0.2) is 16.5 Å². The molecule has 8 heteroatoms. The zero-order chi connectivity index (χ0) is 23.6. The summed E-state index contributed by atoms with van der Waals surface area (Å²) in [4.78, 5) is 9.02. The smallest absolute Gasteiger partial charge is 0.340 e. The average Bonchev–Trinajstić information content (AvgIpc) is 2.81. The Morgan fingerprint density at radius 2 is 1.94 bits per heavy atom. The van der Waals surface area contributed by atoms with Gasteiger partial charge in [0.15, 0.2) is 5.82 Å². The van der Waals surface area contributed by atoms with Crippen molar-refractivity contribution in [1.82, 2.24) is 15.3 Å². The molecule has 1 aliphatic heterocycles. The maximum Gasteiger partial charge on any atom is 0.417 e. The Bertz CT molecular complexity index is 1200. The van der Waals surface area contributed by atoms with E-state index >= 15 is 0 Å². The van der Waals surface area contributed by atoms with Crippen molar-refractivity contribution in [2.75, 3.05) is 11.9 Å². The monoisotopic (exact) mass is 456 g/mol. The van der Waals surface area contributed by atoms with Gasteiger partial charge in [0.05, 0.1) is 11.3 Å². The third-order valence-corrected chi connectivity index (χ3v) is 5.70. The average molecular weight is 456 g/mol. The Hall–Kier alpha value is -3.26. The lowest BCUT2D eigenvalue weighted by Crippen LogP contribution is -2.26. The summed E-state index contributed by atoms with van der Waals surface area (Å²) < 4.78 is 55.0. The number of nitrogens with zero attached hydrogens (tertiary/aromatic N) is 2. The number of hydrogen-bond acceptors (Lipinski definition) is 4. The van der Waals surface area contributed by atoms with Crippen molar-refractivity contribution in [3.05, 3.63) is 82.3 Å². The van der Waals surface area contributed by atoms with Crippen molar-refractivity contribution in [3.63, 3.8) is 0 Å². The van der Waals surface area contributed by atoms with Gasteiger partial charge in [0.1, 0.15) is 11.6 Å². The number of aryl methyl sites for hydroxylation is 1. The van der Waals surface area contributed by atoms with Crippen LogP contribution in [0.3, 0.4) is 0 Å². The number of hydrogen-bond donors (Lipinski definition) is 2. The number of alkyl halides is 3. The largest absolute Gasteiger partial charge is 0.417 e. The minimum atomic E-state index is -4.53. The summed E-state index contributed by atoms with van der Waals surface area (Å²) in [5, 5.41) is 6.49. The van der Waals surface area contributed by atoms with E-state index in [0.717, 1.165) is 17.2 Å². The molecule has 3 aromatic rings. The van der Waals surface area contributed by atoms with Crippen LogP contribution in [0, 0.1) is 5.82 Å². The molecule has 4 rings (SSSR count). The van der Waals surface area contributed by atoms with Crippen LogP contribution < -0.4 is 10.6 Å². The molecule has 4 nitrogen and oxygen atoms in total. The molecule has 33 heavy (non-hydrogen) atoms. The lowest BCUT2D eigenvalue weighted by atomic mass is 10.0. The molecule has 0 spiro atoms. The van der Waals surface area contributed by atoms with E-state index < -0.39 is 11.7 Å². The molecule has 0 radical (unpaired) electrons. The van der Waals surface area contributed by atoms with Crippen LogP contribution in [0.25, 0.3) is 17.1 Å². The first kappa shape index (κ1) is 22.9. The van der Waals surface area contributed by atoms with Crippen molar-refractivity contribution < 1.29 is 17.6 Å². The van der Waals surface area contributed by atoms with E-state index in [1.54, 1.807) is 6.07 Å². The van der Waals surface area contributed by atoms with Gasteiger partial charge < -0.3 is 10.6 Å². The molecule has 0 bridgehead atoms. The maximum absolute atomic E-state index is 14.0. The molecule has 0 amide bonds. The number of fused-ring (bicyclic) bond motifs is 1. The predicted molar refractivity (Wildman–Crippen MR) is 121 cm³/mol. The van der Waals surface area contributed by atoms with Gasteiger partial charge in [-0.25, -0.2) is 14.4 Å². The van der Waals surface area contributed by atoms with Gasteiger partial charge in [-0.2, -0.15) is 13.2 Å². The van der Waals surface area contributed by atoms with E-state index in [9.17, 15) is 17.6 Å². The quantitative estimate of drug-likeness (QED) is 0.464. The van der Waals surface area contributed by atoms with Crippen molar-refractivity contribution in [2.45, 2.75) is 39.4 Å². The minimum Gasteiger partial charge on any atom is -0.340 e. The van der Waals surface area contributed by atoms with Crippen LogP contribution in [0.4, 0.5) is 23.4 Å². The second-order valence-electron chi connectivity index (χ2n) is 7.77. The van der Waals surface area contributed by atoms with Gasteiger partial charge in [-0.1, -0.05) is 37.3 Å². The van der Waals surface area contributed by atoms with Gasteiger partial charge in [-0.05, 0) is 50.1 Å². The summed E-state index contributed by atoms with van der Waals surface area (Å²) in [6.07, 6.45) is -1.40. The van der Waals surface area contributed by atoms with Gasteiger partial charge in [-0.3, -0.25) is 0 Å². The molecule has 0 unspecified atom stereocenters. The highest BCUT2D eigenvalue weighted by Crippen LogP contribution is 2.37. The zero-order valence-electron chi connectivity index (χ0n) is 18.4. The van der Waals surface area contributed by atoms with Crippen molar-refractivity contribution >= 4 is 11.5 Å². The van der Waals surface area contributed by atoms with E-state index in [1.165, 1.54) is 30.3 Å². The highest BCUT2D eigenvalue weighted by atomic mass is 19.4. The van der Waals surface area contributed by atoms with E-state index in [-0.39, 0.29) is 17.2 Å². The fourth-order valence-electron chi connectivity index (χ4n) is 4.04. The number of halogens is 4. The fourth-order valence-corrected chi connectivity index (χ4v) is 4.04. The topological polar surface area (TPSA) is 49.8 Å². The molecule has 0 saturated carbocycles. The molecule has 172 valence electrons. The molecule has 2 aromatic carbocycles. The first-order valence-electron chi connectivity index (χ1n) is 10.8. The number of benzene rings is 2. The molecule has 0 aliphatic carbocycles. The summed E-state index contributed by atoms with van der Waals surface area (Å²) in [6.45, 7) is 4.93. The third-order valence-electron chi connectivity index (χ3n) is 5.70. The predicted octanol–water partition coefficient (Wildman–Crippen LogP) is 5.98. The summed E-state index contributed by atoms with van der Waals surface area (Å²) >= 11 is 0. The Morgan fingerprint density at radius 1 is 1.15 bits per heavy atom. The summed E-state index contributed by atoms with van der Waals surface area (Å²) in [5.74, 6) is 0.0724. The second-order valence-corrected chi connectivity index (χ2v) is 7.77. The number of aromatic nitrogens is 2. The maximum atomic E-state index is 14.0. The fraction of sp³-hybridized carbons (Fsp3) is 0.280. The Balaban J connectivity index is 1.84. The normalized spacial score (nSPS) is 14.2. The molecule has 1 aromatic heterocycles. The first-order valence-corrected chi connectivity index (χ1v) is 10.8. The van der Waals surface area contributed by atoms with Crippen molar-refractivity contribution in [3.8, 4) is 11.4 Å². The van der Waals surface area contributed by atoms with E-state index in [2.05, 4.69) is 20.6 Å². The van der Waals surface area contributed by atoms with E-state index in [0.29, 0.717) is 48.7 Å². The highest BCUT2D eigenvalue weighted by Gasteiger charge is 2.34.